The van der Waals surface area contributed by atoms with Crippen LogP contribution in [0.4, 0.5) is 0 Å². The summed E-state index contributed by atoms with van der Waals surface area (Å²) in [6.07, 6.45) is 4.04. The fourth-order valence-electron chi connectivity index (χ4n) is 4.94. The topological polar surface area (TPSA) is 22.0 Å². The number of quaternary nitrogens is 1. The molecule has 0 spiro atoms. The summed E-state index contributed by atoms with van der Waals surface area (Å²) < 4.78 is 3.32. The zero-order valence-electron chi connectivity index (χ0n) is 11.4. The average molecular weight is 372 g/mol. The molecule has 0 N–H and O–H groups in total. The first-order valence-electron chi connectivity index (χ1n) is 7.21. The highest BCUT2D eigenvalue weighted by atomic mass is 127. The third-order valence-corrected chi connectivity index (χ3v) is 5.66. The summed E-state index contributed by atoms with van der Waals surface area (Å²) in [4.78, 5) is 12.0. The highest BCUT2D eigenvalue weighted by molar-refractivity contribution is 5.16. The molecule has 4 heterocycles. The smallest absolute Gasteiger partial charge is 0.250 e. The molecular weight excluding hydrogens is 351 g/mol. The van der Waals surface area contributed by atoms with Crippen molar-refractivity contribution in [3.8, 4) is 0 Å². The van der Waals surface area contributed by atoms with Gasteiger partial charge in [-0.15, -0.1) is 0 Å². The Kier molecular flexibility index (Phi) is 3.29. The quantitative estimate of drug-likeness (QED) is 0.405. The van der Waals surface area contributed by atoms with Gasteiger partial charge in [0, 0.05) is 43.0 Å². The summed E-state index contributed by atoms with van der Waals surface area (Å²) in [7, 11) is 2.44. The van der Waals surface area contributed by atoms with E-state index in [-0.39, 0.29) is 29.5 Å². The number of aromatic nitrogens is 1. The van der Waals surface area contributed by atoms with Crippen LogP contribution in [-0.2, 0) is 6.54 Å². The molecule has 1 aromatic rings. The van der Waals surface area contributed by atoms with Gasteiger partial charge < -0.3 is 33.0 Å². The first kappa shape index (κ1) is 13.6. The molecule has 2 bridgehead atoms. The van der Waals surface area contributed by atoms with E-state index in [1.165, 1.54) is 42.5 Å². The van der Waals surface area contributed by atoms with Gasteiger partial charge in [-0.05, 0) is 12.5 Å². The third kappa shape index (κ3) is 1.90. The lowest BCUT2D eigenvalue weighted by Crippen LogP contribution is -3.00. The van der Waals surface area contributed by atoms with Crippen LogP contribution in [0.2, 0.25) is 0 Å². The first-order chi connectivity index (χ1) is 8.67. The van der Waals surface area contributed by atoms with Crippen molar-refractivity contribution in [2.75, 3.05) is 20.1 Å². The van der Waals surface area contributed by atoms with E-state index in [4.69, 9.17) is 0 Å². The molecule has 3 nitrogen and oxygen atoms in total. The molecule has 0 saturated carbocycles. The van der Waals surface area contributed by atoms with Gasteiger partial charge >= 0.3 is 0 Å². The molecule has 2 fully saturated rings. The number of hydrogen-bond donors (Lipinski definition) is 0. The Bertz CT molecular complexity index is 555. The Morgan fingerprint density at radius 2 is 2.21 bits per heavy atom. The van der Waals surface area contributed by atoms with Gasteiger partial charge in [-0.25, -0.2) is 0 Å². The molecule has 4 heteroatoms. The van der Waals surface area contributed by atoms with Crippen LogP contribution in [-0.4, -0.2) is 35.2 Å². The summed E-state index contributed by atoms with van der Waals surface area (Å²) in [6, 6.07) is 6.63. The van der Waals surface area contributed by atoms with Gasteiger partial charge in [0.2, 0.25) is 0 Å². The van der Waals surface area contributed by atoms with E-state index in [1.54, 1.807) is 6.07 Å². The van der Waals surface area contributed by atoms with Gasteiger partial charge in [0.25, 0.3) is 5.56 Å². The molecule has 3 aliphatic heterocycles. The van der Waals surface area contributed by atoms with Crippen LogP contribution < -0.4 is 29.5 Å². The molecule has 0 amide bonds. The fourth-order valence-corrected chi connectivity index (χ4v) is 4.94. The minimum absolute atomic E-state index is 0. The molecule has 4 atom stereocenters. The summed E-state index contributed by atoms with van der Waals surface area (Å²) in [6.45, 7) is 3.55. The van der Waals surface area contributed by atoms with Crippen LogP contribution >= 0.6 is 0 Å². The van der Waals surface area contributed by atoms with Gasteiger partial charge in [0.1, 0.15) is 0 Å². The molecule has 0 aromatic carbocycles. The number of halogens is 1. The third-order valence-electron chi connectivity index (χ3n) is 5.66. The Balaban J connectivity index is 0.00000110. The second-order valence-corrected chi connectivity index (χ2v) is 6.69. The molecule has 3 aliphatic rings. The van der Waals surface area contributed by atoms with Crippen LogP contribution in [0.1, 0.15) is 30.9 Å². The molecule has 4 rings (SSSR count). The maximum absolute atomic E-state index is 12.0. The van der Waals surface area contributed by atoms with E-state index in [9.17, 15) is 4.79 Å². The van der Waals surface area contributed by atoms with Crippen molar-refractivity contribution in [2.45, 2.75) is 37.8 Å². The Morgan fingerprint density at radius 1 is 1.37 bits per heavy atom. The Labute approximate surface area is 131 Å². The zero-order chi connectivity index (χ0) is 12.3. The monoisotopic (exact) mass is 372 g/mol. The van der Waals surface area contributed by atoms with Gasteiger partial charge in [-0.3, -0.25) is 4.79 Å². The van der Waals surface area contributed by atoms with Crippen LogP contribution in [0, 0.1) is 5.92 Å². The molecule has 1 aromatic heterocycles. The van der Waals surface area contributed by atoms with Crippen molar-refractivity contribution in [3.05, 3.63) is 34.2 Å². The number of hydrogen-bond acceptors (Lipinski definition) is 1. The zero-order valence-corrected chi connectivity index (χ0v) is 13.5. The van der Waals surface area contributed by atoms with Crippen molar-refractivity contribution >= 4 is 0 Å². The first-order valence-corrected chi connectivity index (χ1v) is 7.21. The van der Waals surface area contributed by atoms with Crippen LogP contribution in [0.3, 0.4) is 0 Å². The highest BCUT2D eigenvalue weighted by Crippen LogP contribution is 2.45. The van der Waals surface area contributed by atoms with Crippen LogP contribution in [0.25, 0.3) is 0 Å². The molecule has 2 saturated heterocycles. The van der Waals surface area contributed by atoms with E-state index in [0.29, 0.717) is 5.92 Å². The number of nitrogens with zero attached hydrogens (tertiary/aromatic N) is 2. The van der Waals surface area contributed by atoms with Crippen LogP contribution in [0.5, 0.6) is 0 Å². The lowest BCUT2D eigenvalue weighted by molar-refractivity contribution is -0.932. The number of pyridine rings is 1. The Morgan fingerprint density at radius 3 is 3.05 bits per heavy atom. The summed E-state index contributed by atoms with van der Waals surface area (Å²) >= 11 is 0. The van der Waals surface area contributed by atoms with Gasteiger partial charge in [0.05, 0.1) is 26.2 Å². The van der Waals surface area contributed by atoms with Crippen LogP contribution in [0.15, 0.2) is 23.0 Å². The SMILES string of the molecule is C[N+]12CCC[C@@H]1[C@H]1C[C@H](C2)c2cccc(=O)n2C1.[I-]. The van der Waals surface area contributed by atoms with E-state index in [0.717, 1.165) is 18.5 Å². The van der Waals surface area contributed by atoms with Crippen molar-refractivity contribution in [1.82, 2.24) is 4.57 Å². The van der Waals surface area contributed by atoms with Crippen molar-refractivity contribution < 1.29 is 28.5 Å². The predicted molar refractivity (Wildman–Crippen MR) is 70.5 cm³/mol. The summed E-state index contributed by atoms with van der Waals surface area (Å²) in [5.41, 5.74) is 1.50. The van der Waals surface area contributed by atoms with Crippen molar-refractivity contribution in [1.29, 1.82) is 0 Å². The molecular formula is C15H21IN2O. The maximum Gasteiger partial charge on any atom is 0.250 e. The maximum atomic E-state index is 12.0. The van der Waals surface area contributed by atoms with E-state index in [1.807, 2.05) is 6.07 Å². The molecule has 0 radical (unpaired) electrons. The minimum atomic E-state index is 0. The van der Waals surface area contributed by atoms with Crippen molar-refractivity contribution in [3.63, 3.8) is 0 Å². The summed E-state index contributed by atoms with van der Waals surface area (Å²) in [5.74, 6) is 1.33. The number of piperidine rings is 1. The number of rotatable bonds is 0. The Hall–Kier alpha value is -0.360. The minimum Gasteiger partial charge on any atom is -1.00 e. The molecule has 0 aliphatic carbocycles. The highest BCUT2D eigenvalue weighted by Gasteiger charge is 2.51. The van der Waals surface area contributed by atoms with Gasteiger partial charge in [0.15, 0.2) is 0 Å². The largest absolute Gasteiger partial charge is 1.00 e. The number of fused-ring (bicyclic) bond motifs is 6. The molecule has 1 unspecified atom stereocenters. The van der Waals surface area contributed by atoms with E-state index < -0.39 is 0 Å². The van der Waals surface area contributed by atoms with E-state index >= 15 is 0 Å². The summed E-state index contributed by atoms with van der Waals surface area (Å²) in [5, 5.41) is 0. The van der Waals surface area contributed by atoms with Gasteiger partial charge in [-0.1, -0.05) is 6.07 Å². The fraction of sp³-hybridized carbons (Fsp3) is 0.667. The molecule has 19 heavy (non-hydrogen) atoms. The average Bonchev–Trinajstić information content (AvgIpc) is 2.73. The predicted octanol–water partition coefficient (Wildman–Crippen LogP) is -1.42. The second kappa shape index (κ2) is 4.58. The molecule has 104 valence electrons. The lowest BCUT2D eigenvalue weighted by Gasteiger charge is -2.50. The lowest BCUT2D eigenvalue weighted by atomic mass is 9.77. The standard InChI is InChI=1S/C15H21N2O.HI/c1-17-7-3-5-14(17)11-8-12(10-17)13-4-2-6-15(18)16(13)9-11;/h2,4,6,11-12,14H,3,5,7-10H2,1H3;1H/q+1;/p-1/t11-,12+,14+,17?;/m0./s1. The van der Waals surface area contributed by atoms with Gasteiger partial charge in [-0.2, -0.15) is 0 Å². The number of likely N-dealkylation sites (N-methyl/N-ethyl adjacent to an activating group) is 1. The second-order valence-electron chi connectivity index (χ2n) is 6.69. The van der Waals surface area contributed by atoms with Crippen molar-refractivity contribution in [2.24, 2.45) is 5.92 Å². The normalized spacial score (nSPS) is 39.1. The van der Waals surface area contributed by atoms with E-state index in [2.05, 4.69) is 17.7 Å².